The second kappa shape index (κ2) is 7.47. The van der Waals surface area contributed by atoms with Crippen LogP contribution in [0.3, 0.4) is 0 Å². The van der Waals surface area contributed by atoms with Crippen molar-refractivity contribution in [1.82, 2.24) is 0 Å². The molecule has 3 fully saturated rings. The van der Waals surface area contributed by atoms with Gasteiger partial charge in [0.25, 0.3) is 0 Å². The number of halogens is 2. The first kappa shape index (κ1) is 23.6. The molecule has 176 valence electrons. The van der Waals surface area contributed by atoms with Crippen LogP contribution < -0.4 is 0 Å². The van der Waals surface area contributed by atoms with E-state index in [-0.39, 0.29) is 23.7 Å². The number of rotatable bonds is 3. The van der Waals surface area contributed by atoms with Crippen molar-refractivity contribution in [2.45, 2.75) is 63.8 Å². The Bertz CT molecular complexity index is 931. The Morgan fingerprint density at radius 2 is 2.00 bits per heavy atom. The third kappa shape index (κ3) is 2.93. The molecule has 0 aromatic rings. The largest absolute Gasteiger partial charge is 0.458 e. The van der Waals surface area contributed by atoms with Crippen LogP contribution in [0.2, 0.25) is 0 Å². The van der Waals surface area contributed by atoms with Crippen molar-refractivity contribution in [2.24, 2.45) is 34.5 Å². The number of hydrogen-bond donors (Lipinski definition) is 2. The highest BCUT2D eigenvalue weighted by Gasteiger charge is 2.72. The second-order valence-electron chi connectivity index (χ2n) is 10.5. The number of ether oxygens (including phenoxy) is 1. The van der Waals surface area contributed by atoms with Crippen molar-refractivity contribution in [3.63, 3.8) is 0 Å². The summed E-state index contributed by atoms with van der Waals surface area (Å²) in [6, 6.07) is 0. The van der Waals surface area contributed by atoms with E-state index in [0.717, 1.165) is 0 Å². The molecule has 0 heterocycles. The summed E-state index contributed by atoms with van der Waals surface area (Å²) in [5.41, 5.74) is -3.55. The highest BCUT2D eigenvalue weighted by molar-refractivity contribution is 6.21. The SMILES string of the molecule is CC(=O)OCC(=O)[C@@]1(O)[C@H](C)C[C@H]2[C@@H]3[C@H](Cl)[C@@H](F)C4=CC(=O)C=C[C@]4(C)[C@H]3[C@@H](O)C[C@@]21C. The molecule has 0 aromatic heterocycles. The first-order valence-corrected chi connectivity index (χ1v) is 11.5. The molecule has 0 saturated heterocycles. The van der Waals surface area contributed by atoms with E-state index >= 15 is 4.39 Å². The van der Waals surface area contributed by atoms with Crippen molar-refractivity contribution in [3.8, 4) is 0 Å². The molecule has 32 heavy (non-hydrogen) atoms. The third-order valence-electron chi connectivity index (χ3n) is 8.92. The Morgan fingerprint density at radius 3 is 2.62 bits per heavy atom. The van der Waals surface area contributed by atoms with E-state index in [2.05, 4.69) is 0 Å². The molecular weight excluding hydrogens is 439 g/mol. The molecule has 0 aromatic carbocycles. The zero-order valence-electron chi connectivity index (χ0n) is 18.7. The van der Waals surface area contributed by atoms with E-state index in [1.165, 1.54) is 19.1 Å². The minimum atomic E-state index is -1.85. The summed E-state index contributed by atoms with van der Waals surface area (Å²) in [7, 11) is 0. The van der Waals surface area contributed by atoms with Gasteiger partial charge in [-0.05, 0) is 48.3 Å². The van der Waals surface area contributed by atoms with Crippen molar-refractivity contribution in [3.05, 3.63) is 23.8 Å². The molecule has 0 bridgehead atoms. The van der Waals surface area contributed by atoms with Crippen LogP contribution >= 0.6 is 11.6 Å². The zero-order valence-corrected chi connectivity index (χ0v) is 19.4. The first-order valence-electron chi connectivity index (χ1n) is 11.1. The average molecular weight is 469 g/mol. The molecule has 0 spiro atoms. The van der Waals surface area contributed by atoms with E-state index in [1.54, 1.807) is 19.9 Å². The molecule has 10 atom stereocenters. The Kier molecular flexibility index (Phi) is 5.51. The maximum atomic E-state index is 15.6. The van der Waals surface area contributed by atoms with Crippen molar-refractivity contribution < 1.29 is 33.7 Å². The lowest BCUT2D eigenvalue weighted by molar-refractivity contribution is -0.187. The molecule has 0 amide bonds. The van der Waals surface area contributed by atoms with E-state index < -0.39 is 70.2 Å². The number of aliphatic hydroxyl groups excluding tert-OH is 1. The molecule has 8 heteroatoms. The lowest BCUT2D eigenvalue weighted by Gasteiger charge is -2.61. The normalized spacial score (nSPS) is 49.6. The van der Waals surface area contributed by atoms with Gasteiger partial charge >= 0.3 is 5.97 Å². The van der Waals surface area contributed by atoms with Crippen LogP contribution in [0.25, 0.3) is 0 Å². The first-order chi connectivity index (χ1) is 14.8. The molecule has 4 rings (SSSR count). The molecule has 4 aliphatic carbocycles. The maximum absolute atomic E-state index is 15.6. The van der Waals surface area contributed by atoms with Gasteiger partial charge in [0, 0.05) is 23.7 Å². The summed E-state index contributed by atoms with van der Waals surface area (Å²) in [5, 5.41) is 22.1. The van der Waals surface area contributed by atoms with Crippen LogP contribution in [0.4, 0.5) is 4.39 Å². The van der Waals surface area contributed by atoms with E-state index in [9.17, 15) is 24.6 Å². The van der Waals surface area contributed by atoms with Gasteiger partial charge in [-0.2, -0.15) is 0 Å². The number of allylic oxidation sites excluding steroid dienone is 4. The Balaban J connectivity index is 1.78. The van der Waals surface area contributed by atoms with Crippen LogP contribution in [0.5, 0.6) is 0 Å². The summed E-state index contributed by atoms with van der Waals surface area (Å²) in [5.74, 6) is -3.40. The topological polar surface area (TPSA) is 101 Å². The van der Waals surface area contributed by atoms with E-state index in [0.29, 0.717) is 6.42 Å². The number of fused-ring (bicyclic) bond motifs is 5. The van der Waals surface area contributed by atoms with E-state index in [1.807, 2.05) is 6.92 Å². The summed E-state index contributed by atoms with van der Waals surface area (Å²) < 4.78 is 20.5. The number of esters is 1. The monoisotopic (exact) mass is 468 g/mol. The van der Waals surface area contributed by atoms with Crippen LogP contribution in [0.1, 0.15) is 40.5 Å². The predicted molar refractivity (Wildman–Crippen MR) is 114 cm³/mol. The molecule has 3 saturated carbocycles. The summed E-state index contributed by atoms with van der Waals surface area (Å²) in [4.78, 5) is 36.3. The number of Topliss-reactive ketones (excluding diaryl/α,β-unsaturated/α-hetero) is 1. The van der Waals surface area contributed by atoms with Gasteiger partial charge in [0.05, 0.1) is 11.5 Å². The minimum absolute atomic E-state index is 0.108. The Morgan fingerprint density at radius 1 is 1.34 bits per heavy atom. The van der Waals surface area contributed by atoms with Crippen molar-refractivity contribution >= 4 is 29.1 Å². The van der Waals surface area contributed by atoms with Gasteiger partial charge < -0.3 is 14.9 Å². The van der Waals surface area contributed by atoms with Gasteiger partial charge in [-0.3, -0.25) is 14.4 Å². The fourth-order valence-corrected chi connectivity index (χ4v) is 7.93. The lowest BCUT2D eigenvalue weighted by Crippen LogP contribution is -2.66. The van der Waals surface area contributed by atoms with Gasteiger partial charge in [-0.25, -0.2) is 4.39 Å². The van der Waals surface area contributed by atoms with Crippen LogP contribution in [0, 0.1) is 34.5 Å². The smallest absolute Gasteiger partial charge is 0.303 e. The van der Waals surface area contributed by atoms with Crippen LogP contribution in [0.15, 0.2) is 23.8 Å². The molecule has 2 N–H and O–H groups in total. The Labute approximate surface area is 191 Å². The minimum Gasteiger partial charge on any atom is -0.458 e. The third-order valence-corrected chi connectivity index (χ3v) is 9.43. The van der Waals surface area contributed by atoms with Crippen molar-refractivity contribution in [2.75, 3.05) is 6.61 Å². The molecule has 0 radical (unpaired) electrons. The summed E-state index contributed by atoms with van der Waals surface area (Å²) in [6.07, 6.45) is 2.30. The quantitative estimate of drug-likeness (QED) is 0.487. The molecule has 4 aliphatic rings. The standard InChI is InChI=1S/C24H30ClFO6/c1-11-7-14-18-19(22(3)6-5-13(28)8-15(22)21(26)20(18)25)16(29)9-23(14,4)24(11,31)17(30)10-32-12(2)27/h5-6,8,11,14,16,18-21,29,31H,7,9-10H2,1-4H3/t11-,14+,16+,18+,19+,20+,21+,22+,23+,24+/m1/s1. The lowest BCUT2D eigenvalue weighted by atomic mass is 9.45. The van der Waals surface area contributed by atoms with Crippen LogP contribution in [-0.2, 0) is 19.1 Å². The van der Waals surface area contributed by atoms with Gasteiger partial charge in [-0.1, -0.05) is 26.8 Å². The molecule has 6 nitrogen and oxygen atoms in total. The fourth-order valence-electron chi connectivity index (χ4n) is 7.46. The fraction of sp³-hybridized carbons (Fsp3) is 0.708. The van der Waals surface area contributed by atoms with Gasteiger partial charge in [-0.15, -0.1) is 11.6 Å². The Hall–Kier alpha value is -1.57. The molecular formula is C24H30ClFO6. The maximum Gasteiger partial charge on any atom is 0.303 e. The van der Waals surface area contributed by atoms with Crippen molar-refractivity contribution in [1.29, 1.82) is 0 Å². The number of aliphatic hydroxyl groups is 2. The highest BCUT2D eigenvalue weighted by atomic mass is 35.5. The second-order valence-corrected chi connectivity index (χ2v) is 11.0. The zero-order chi connectivity index (χ0) is 23.8. The highest BCUT2D eigenvalue weighted by Crippen LogP contribution is 2.69. The molecule has 0 aliphatic heterocycles. The van der Waals surface area contributed by atoms with Gasteiger partial charge in [0.2, 0.25) is 5.78 Å². The average Bonchev–Trinajstić information content (AvgIpc) is 2.92. The number of carbonyl (C=O) groups is 3. The number of ketones is 2. The predicted octanol–water partition coefficient (Wildman–Crippen LogP) is 2.54. The molecule has 0 unspecified atom stereocenters. The van der Waals surface area contributed by atoms with Gasteiger partial charge in [0.15, 0.2) is 12.4 Å². The number of hydrogen-bond acceptors (Lipinski definition) is 6. The summed E-state index contributed by atoms with van der Waals surface area (Å²) in [6.45, 7) is 5.94. The summed E-state index contributed by atoms with van der Waals surface area (Å²) >= 11 is 6.69. The van der Waals surface area contributed by atoms with Crippen LogP contribution in [-0.4, -0.2) is 57.6 Å². The number of carbonyl (C=O) groups excluding carboxylic acids is 3. The number of alkyl halides is 2. The van der Waals surface area contributed by atoms with Gasteiger partial charge in [0.1, 0.15) is 11.8 Å². The van der Waals surface area contributed by atoms with E-state index in [4.69, 9.17) is 16.3 Å².